The van der Waals surface area contributed by atoms with Crippen LogP contribution in [0.1, 0.15) is 55.6 Å². The molecule has 0 saturated carbocycles. The Morgan fingerprint density at radius 2 is 2.00 bits per heavy atom. The van der Waals surface area contributed by atoms with Gasteiger partial charge >= 0.3 is 0 Å². The van der Waals surface area contributed by atoms with Gasteiger partial charge in [-0.25, -0.2) is 9.97 Å². The Balaban J connectivity index is 1.69. The van der Waals surface area contributed by atoms with Crippen LogP contribution in [0.3, 0.4) is 0 Å². The lowest BCUT2D eigenvalue weighted by molar-refractivity contribution is 0.557. The molecular formula is C16H21ClN6. The van der Waals surface area contributed by atoms with Gasteiger partial charge in [0.1, 0.15) is 22.6 Å². The van der Waals surface area contributed by atoms with Crippen LogP contribution in [0, 0.1) is 6.92 Å². The fourth-order valence-electron chi connectivity index (χ4n) is 3.73. The molecule has 0 amide bonds. The number of rotatable bonds is 2. The Morgan fingerprint density at radius 1 is 1.09 bits per heavy atom. The lowest BCUT2D eigenvalue weighted by Crippen LogP contribution is -2.26. The summed E-state index contributed by atoms with van der Waals surface area (Å²) in [5, 5.41) is 9.49. The fourth-order valence-corrected chi connectivity index (χ4v) is 3.95. The average Bonchev–Trinajstić information content (AvgIpc) is 3.07. The molecule has 1 saturated heterocycles. The van der Waals surface area contributed by atoms with E-state index in [0.29, 0.717) is 11.0 Å². The van der Waals surface area contributed by atoms with Crippen molar-refractivity contribution in [2.45, 2.75) is 58.0 Å². The molecule has 1 unspecified atom stereocenters. The minimum Gasteiger partial charge on any atom is -0.346 e. The predicted octanol–water partition coefficient (Wildman–Crippen LogP) is 3.10. The summed E-state index contributed by atoms with van der Waals surface area (Å²) in [4.78, 5) is 11.1. The number of halogens is 1. The van der Waals surface area contributed by atoms with Crippen LogP contribution in [0.4, 0.5) is 5.82 Å². The van der Waals surface area contributed by atoms with Gasteiger partial charge < -0.3 is 9.47 Å². The van der Waals surface area contributed by atoms with Crippen molar-refractivity contribution in [3.63, 3.8) is 0 Å². The fraction of sp³-hybridized carbons (Fsp3) is 0.625. The first-order chi connectivity index (χ1) is 11.2. The van der Waals surface area contributed by atoms with Crippen LogP contribution in [0.25, 0.3) is 0 Å². The van der Waals surface area contributed by atoms with Crippen molar-refractivity contribution >= 4 is 17.4 Å². The number of aromatic nitrogens is 5. The highest BCUT2D eigenvalue weighted by Crippen LogP contribution is 2.35. The maximum Gasteiger partial charge on any atom is 0.155 e. The normalized spacial score (nSPS) is 21.3. The van der Waals surface area contributed by atoms with E-state index in [1.165, 1.54) is 19.3 Å². The van der Waals surface area contributed by atoms with Crippen LogP contribution in [0.5, 0.6) is 0 Å². The van der Waals surface area contributed by atoms with Gasteiger partial charge in [0.05, 0.1) is 6.04 Å². The highest BCUT2D eigenvalue weighted by atomic mass is 35.5. The second-order valence-corrected chi connectivity index (χ2v) is 6.77. The SMILES string of the molecule is Cc1nc(Cl)cc(N2CCCC2c2nnc3n2CCCCC3)n1. The molecular weight excluding hydrogens is 312 g/mol. The second-order valence-electron chi connectivity index (χ2n) is 6.38. The topological polar surface area (TPSA) is 59.7 Å². The molecule has 0 aliphatic carbocycles. The molecule has 1 fully saturated rings. The summed E-state index contributed by atoms with van der Waals surface area (Å²) in [6, 6.07) is 2.09. The van der Waals surface area contributed by atoms with Gasteiger partial charge in [-0.3, -0.25) is 0 Å². The van der Waals surface area contributed by atoms with Gasteiger partial charge in [-0.1, -0.05) is 18.0 Å². The maximum absolute atomic E-state index is 6.13. The van der Waals surface area contributed by atoms with E-state index >= 15 is 0 Å². The van der Waals surface area contributed by atoms with Crippen LogP contribution in [-0.2, 0) is 13.0 Å². The molecule has 2 aliphatic heterocycles. The molecule has 0 N–H and O–H groups in total. The summed E-state index contributed by atoms with van der Waals surface area (Å²) in [5.41, 5.74) is 0. The van der Waals surface area contributed by atoms with E-state index in [0.717, 1.165) is 49.8 Å². The third-order valence-corrected chi connectivity index (χ3v) is 4.97. The quantitative estimate of drug-likeness (QED) is 0.791. The Morgan fingerprint density at radius 3 is 2.87 bits per heavy atom. The summed E-state index contributed by atoms with van der Waals surface area (Å²) in [6.07, 6.45) is 6.96. The van der Waals surface area contributed by atoms with Crippen LogP contribution in [0.15, 0.2) is 6.07 Å². The number of hydrogen-bond acceptors (Lipinski definition) is 5. The van der Waals surface area contributed by atoms with Crippen molar-refractivity contribution in [3.8, 4) is 0 Å². The van der Waals surface area contributed by atoms with Gasteiger partial charge in [0.15, 0.2) is 5.82 Å². The zero-order valence-corrected chi connectivity index (χ0v) is 14.1. The van der Waals surface area contributed by atoms with Crippen LogP contribution >= 0.6 is 11.6 Å². The lowest BCUT2D eigenvalue weighted by atomic mass is 10.2. The van der Waals surface area contributed by atoms with Crippen LogP contribution < -0.4 is 4.90 Å². The van der Waals surface area contributed by atoms with Crippen LogP contribution in [0.2, 0.25) is 5.15 Å². The Labute approximate surface area is 140 Å². The summed E-state index contributed by atoms with van der Waals surface area (Å²) < 4.78 is 2.34. The summed E-state index contributed by atoms with van der Waals surface area (Å²) >= 11 is 6.13. The monoisotopic (exact) mass is 332 g/mol. The molecule has 2 aliphatic rings. The molecule has 122 valence electrons. The zero-order chi connectivity index (χ0) is 15.8. The molecule has 4 heterocycles. The molecule has 1 atom stereocenters. The smallest absolute Gasteiger partial charge is 0.155 e. The Kier molecular flexibility index (Phi) is 3.93. The van der Waals surface area contributed by atoms with Gasteiger partial charge in [0, 0.05) is 25.6 Å². The van der Waals surface area contributed by atoms with Gasteiger partial charge in [-0.05, 0) is 32.6 Å². The van der Waals surface area contributed by atoms with E-state index in [4.69, 9.17) is 11.6 Å². The lowest BCUT2D eigenvalue weighted by Gasteiger charge is -2.25. The summed E-state index contributed by atoms with van der Waals surface area (Å²) in [5.74, 6) is 3.84. The van der Waals surface area contributed by atoms with Gasteiger partial charge in [0.25, 0.3) is 0 Å². The van der Waals surface area contributed by atoms with Crippen molar-refractivity contribution in [1.82, 2.24) is 24.7 Å². The Bertz CT molecular complexity index is 692. The molecule has 7 heteroatoms. The molecule has 2 aromatic heterocycles. The first-order valence-electron chi connectivity index (χ1n) is 8.42. The molecule has 6 nitrogen and oxygen atoms in total. The molecule has 2 aromatic rings. The molecule has 0 spiro atoms. The zero-order valence-electron chi connectivity index (χ0n) is 13.4. The van der Waals surface area contributed by atoms with Crippen LogP contribution in [-0.4, -0.2) is 31.3 Å². The summed E-state index contributed by atoms with van der Waals surface area (Å²) in [6.45, 7) is 3.88. The standard InChI is InChI=1S/C16H21ClN6/c1-11-18-13(17)10-15(19-11)22-9-5-6-12(22)16-21-20-14-7-3-2-4-8-23(14)16/h10,12H,2-9H2,1H3. The average molecular weight is 333 g/mol. The number of hydrogen-bond donors (Lipinski definition) is 0. The predicted molar refractivity (Wildman–Crippen MR) is 88.7 cm³/mol. The second kappa shape index (κ2) is 6.07. The van der Waals surface area contributed by atoms with Gasteiger partial charge in [-0.15, -0.1) is 10.2 Å². The van der Waals surface area contributed by atoms with Gasteiger partial charge in [-0.2, -0.15) is 0 Å². The maximum atomic E-state index is 6.13. The number of fused-ring (bicyclic) bond motifs is 1. The van der Waals surface area contributed by atoms with Crippen molar-refractivity contribution in [1.29, 1.82) is 0 Å². The van der Waals surface area contributed by atoms with E-state index in [-0.39, 0.29) is 6.04 Å². The Hall–Kier alpha value is -1.69. The largest absolute Gasteiger partial charge is 0.346 e. The van der Waals surface area contributed by atoms with Gasteiger partial charge in [0.2, 0.25) is 0 Å². The van der Waals surface area contributed by atoms with E-state index < -0.39 is 0 Å². The highest BCUT2D eigenvalue weighted by molar-refractivity contribution is 6.29. The highest BCUT2D eigenvalue weighted by Gasteiger charge is 2.32. The minimum absolute atomic E-state index is 0.236. The number of nitrogens with zero attached hydrogens (tertiary/aromatic N) is 6. The molecule has 23 heavy (non-hydrogen) atoms. The van der Waals surface area contributed by atoms with E-state index in [1.54, 1.807) is 0 Å². The number of aryl methyl sites for hydroxylation is 2. The third-order valence-electron chi connectivity index (χ3n) is 4.78. The van der Waals surface area contributed by atoms with E-state index in [9.17, 15) is 0 Å². The molecule has 0 aromatic carbocycles. The van der Waals surface area contributed by atoms with Crippen molar-refractivity contribution in [2.24, 2.45) is 0 Å². The molecule has 4 rings (SSSR count). The van der Waals surface area contributed by atoms with Crippen molar-refractivity contribution in [3.05, 3.63) is 28.7 Å². The molecule has 0 radical (unpaired) electrons. The molecule has 0 bridgehead atoms. The van der Waals surface area contributed by atoms with E-state index in [1.807, 2.05) is 13.0 Å². The third kappa shape index (κ3) is 2.80. The summed E-state index contributed by atoms with van der Waals surface area (Å²) in [7, 11) is 0. The van der Waals surface area contributed by atoms with Crippen molar-refractivity contribution < 1.29 is 0 Å². The minimum atomic E-state index is 0.236. The first kappa shape index (κ1) is 14.9. The number of anilines is 1. The van der Waals surface area contributed by atoms with E-state index in [2.05, 4.69) is 29.6 Å². The van der Waals surface area contributed by atoms with Crippen molar-refractivity contribution in [2.75, 3.05) is 11.4 Å². The first-order valence-corrected chi connectivity index (χ1v) is 8.80.